The molecule has 0 bridgehead atoms. The van der Waals surface area contributed by atoms with E-state index in [9.17, 15) is 4.79 Å². The molecule has 0 fully saturated rings. The van der Waals surface area contributed by atoms with E-state index >= 15 is 0 Å². The van der Waals surface area contributed by atoms with E-state index in [2.05, 4.69) is 36.3 Å². The number of amides is 1. The molecule has 0 saturated heterocycles. The standard InChI is InChI=1S/C20H20ClN3OS2/c1-20(2,3)15-10-8-13(9-11-15)17(25)22-18-23-24-19(27-18)26-12-14-6-4-5-7-16(14)21/h4-11H,12H2,1-3H3,(H,22,23,25). The molecule has 0 aliphatic heterocycles. The Morgan fingerprint density at radius 2 is 1.81 bits per heavy atom. The number of thioether (sulfide) groups is 1. The van der Waals surface area contributed by atoms with Crippen LogP contribution in [0.1, 0.15) is 42.3 Å². The fraction of sp³-hybridized carbons (Fsp3) is 0.250. The highest BCUT2D eigenvalue weighted by Gasteiger charge is 2.15. The van der Waals surface area contributed by atoms with Crippen LogP contribution in [0.15, 0.2) is 52.9 Å². The molecule has 0 aliphatic rings. The van der Waals surface area contributed by atoms with E-state index in [4.69, 9.17) is 11.6 Å². The van der Waals surface area contributed by atoms with Gasteiger partial charge in [0.15, 0.2) is 4.34 Å². The number of rotatable bonds is 5. The zero-order valence-electron chi connectivity index (χ0n) is 15.3. The summed E-state index contributed by atoms with van der Waals surface area (Å²) in [6.45, 7) is 6.43. The Morgan fingerprint density at radius 1 is 1.11 bits per heavy atom. The summed E-state index contributed by atoms with van der Waals surface area (Å²) in [7, 11) is 0. The average Bonchev–Trinajstić information content (AvgIpc) is 3.08. The van der Waals surface area contributed by atoms with Crippen LogP contribution >= 0.6 is 34.7 Å². The predicted octanol–water partition coefficient (Wildman–Crippen LogP) is 6.03. The van der Waals surface area contributed by atoms with Crippen molar-refractivity contribution in [3.8, 4) is 0 Å². The van der Waals surface area contributed by atoms with Gasteiger partial charge in [-0.2, -0.15) is 0 Å². The Bertz CT molecular complexity index is 933. The zero-order chi connectivity index (χ0) is 19.4. The van der Waals surface area contributed by atoms with Crippen molar-refractivity contribution < 1.29 is 4.79 Å². The number of hydrogen-bond acceptors (Lipinski definition) is 5. The number of benzene rings is 2. The molecule has 27 heavy (non-hydrogen) atoms. The summed E-state index contributed by atoms with van der Waals surface area (Å²) in [5.41, 5.74) is 2.89. The minimum atomic E-state index is -0.186. The Hall–Kier alpha value is -1.89. The lowest BCUT2D eigenvalue weighted by Crippen LogP contribution is -2.14. The fourth-order valence-corrected chi connectivity index (χ4v) is 4.40. The van der Waals surface area contributed by atoms with Gasteiger partial charge >= 0.3 is 0 Å². The van der Waals surface area contributed by atoms with Crippen LogP contribution in [0.3, 0.4) is 0 Å². The quantitative estimate of drug-likeness (QED) is 0.406. The van der Waals surface area contributed by atoms with Crippen LogP contribution in [0.25, 0.3) is 0 Å². The lowest BCUT2D eigenvalue weighted by molar-refractivity contribution is 0.102. The molecule has 0 aliphatic carbocycles. The van der Waals surface area contributed by atoms with Crippen molar-refractivity contribution in [2.75, 3.05) is 5.32 Å². The summed E-state index contributed by atoms with van der Waals surface area (Å²) in [4.78, 5) is 12.4. The van der Waals surface area contributed by atoms with Gasteiger partial charge in [0.25, 0.3) is 5.91 Å². The van der Waals surface area contributed by atoms with E-state index in [0.717, 1.165) is 14.9 Å². The van der Waals surface area contributed by atoms with Gasteiger partial charge in [0.1, 0.15) is 0 Å². The summed E-state index contributed by atoms with van der Waals surface area (Å²) in [5, 5.41) is 12.2. The number of carbonyl (C=O) groups is 1. The molecule has 1 amide bonds. The first-order valence-electron chi connectivity index (χ1n) is 8.44. The summed E-state index contributed by atoms with van der Waals surface area (Å²) in [6, 6.07) is 15.4. The second kappa shape index (κ2) is 8.42. The van der Waals surface area contributed by atoms with Crippen molar-refractivity contribution in [1.82, 2.24) is 10.2 Å². The van der Waals surface area contributed by atoms with E-state index in [1.165, 1.54) is 16.9 Å². The molecule has 0 atom stereocenters. The molecule has 4 nitrogen and oxygen atoms in total. The van der Waals surface area contributed by atoms with E-state index in [1.54, 1.807) is 11.8 Å². The molecule has 1 N–H and O–H groups in total. The molecule has 0 radical (unpaired) electrons. The lowest BCUT2D eigenvalue weighted by Gasteiger charge is -2.18. The maximum atomic E-state index is 12.4. The molecule has 2 aromatic carbocycles. The lowest BCUT2D eigenvalue weighted by atomic mass is 9.87. The first-order valence-corrected chi connectivity index (χ1v) is 10.6. The molecule has 0 saturated carbocycles. The van der Waals surface area contributed by atoms with Crippen LogP contribution in [0.5, 0.6) is 0 Å². The van der Waals surface area contributed by atoms with Crippen molar-refractivity contribution in [3.05, 3.63) is 70.2 Å². The number of nitrogens with zero attached hydrogens (tertiary/aromatic N) is 2. The van der Waals surface area contributed by atoms with Gasteiger partial charge in [-0.05, 0) is 34.7 Å². The largest absolute Gasteiger partial charge is 0.296 e. The average molecular weight is 418 g/mol. The fourth-order valence-electron chi connectivity index (χ4n) is 2.36. The van der Waals surface area contributed by atoms with Crippen LogP contribution < -0.4 is 5.32 Å². The van der Waals surface area contributed by atoms with Gasteiger partial charge in [0, 0.05) is 16.3 Å². The third-order valence-corrected chi connectivity index (χ3v) is 6.34. The highest BCUT2D eigenvalue weighted by Crippen LogP contribution is 2.30. The number of carbonyl (C=O) groups excluding carboxylic acids is 1. The van der Waals surface area contributed by atoms with Crippen LogP contribution in [-0.4, -0.2) is 16.1 Å². The monoisotopic (exact) mass is 417 g/mol. The van der Waals surface area contributed by atoms with Crippen molar-refractivity contribution in [3.63, 3.8) is 0 Å². The normalized spacial score (nSPS) is 11.4. The molecule has 3 aromatic rings. The van der Waals surface area contributed by atoms with E-state index < -0.39 is 0 Å². The van der Waals surface area contributed by atoms with Crippen LogP contribution in [0.4, 0.5) is 5.13 Å². The molecule has 3 rings (SSSR count). The first-order chi connectivity index (χ1) is 12.8. The molecule has 0 unspecified atom stereocenters. The molecule has 0 spiro atoms. The summed E-state index contributed by atoms with van der Waals surface area (Å²) in [5.74, 6) is 0.519. The Labute approximate surface area is 172 Å². The van der Waals surface area contributed by atoms with Gasteiger partial charge in [0.05, 0.1) is 0 Å². The van der Waals surface area contributed by atoms with E-state index in [1.807, 2.05) is 48.5 Å². The highest BCUT2D eigenvalue weighted by atomic mass is 35.5. The van der Waals surface area contributed by atoms with Crippen LogP contribution in [0, 0.1) is 0 Å². The SMILES string of the molecule is CC(C)(C)c1ccc(C(=O)Nc2nnc(SCc3ccccc3Cl)s2)cc1. The number of nitrogens with one attached hydrogen (secondary N) is 1. The predicted molar refractivity (Wildman–Crippen MR) is 114 cm³/mol. The maximum absolute atomic E-state index is 12.4. The smallest absolute Gasteiger partial charge is 0.257 e. The molecule has 7 heteroatoms. The van der Waals surface area contributed by atoms with Gasteiger partial charge in [-0.25, -0.2) is 0 Å². The van der Waals surface area contributed by atoms with Crippen molar-refractivity contribution in [2.24, 2.45) is 0 Å². The highest BCUT2D eigenvalue weighted by molar-refractivity contribution is 8.00. The second-order valence-corrected chi connectivity index (χ2v) is 9.64. The number of aromatic nitrogens is 2. The number of hydrogen-bond donors (Lipinski definition) is 1. The number of anilines is 1. The Kier molecular flexibility index (Phi) is 6.19. The molecular formula is C20H20ClN3OS2. The molecular weight excluding hydrogens is 398 g/mol. The van der Waals surface area contributed by atoms with Gasteiger partial charge < -0.3 is 0 Å². The van der Waals surface area contributed by atoms with Gasteiger partial charge in [-0.1, -0.05) is 85.8 Å². The van der Waals surface area contributed by atoms with Crippen molar-refractivity contribution in [1.29, 1.82) is 0 Å². The maximum Gasteiger partial charge on any atom is 0.257 e. The Morgan fingerprint density at radius 3 is 2.48 bits per heavy atom. The number of halogens is 1. The van der Waals surface area contributed by atoms with Crippen molar-refractivity contribution in [2.45, 2.75) is 36.3 Å². The molecule has 1 aromatic heterocycles. The Balaban J connectivity index is 1.60. The van der Waals surface area contributed by atoms with Gasteiger partial charge in [0.2, 0.25) is 5.13 Å². The summed E-state index contributed by atoms with van der Waals surface area (Å²) >= 11 is 9.07. The van der Waals surface area contributed by atoms with Crippen molar-refractivity contribution >= 4 is 45.7 Å². The van der Waals surface area contributed by atoms with Gasteiger partial charge in [-0.15, -0.1) is 10.2 Å². The van der Waals surface area contributed by atoms with Crippen LogP contribution in [-0.2, 0) is 11.2 Å². The van der Waals surface area contributed by atoms with E-state index in [0.29, 0.717) is 16.4 Å². The second-order valence-electron chi connectivity index (χ2n) is 7.03. The van der Waals surface area contributed by atoms with E-state index in [-0.39, 0.29) is 11.3 Å². The molecule has 140 valence electrons. The summed E-state index contributed by atoms with van der Waals surface area (Å²) < 4.78 is 0.785. The summed E-state index contributed by atoms with van der Waals surface area (Å²) in [6.07, 6.45) is 0. The third-order valence-electron chi connectivity index (χ3n) is 3.95. The minimum absolute atomic E-state index is 0.0575. The minimum Gasteiger partial charge on any atom is -0.296 e. The molecule has 1 heterocycles. The van der Waals surface area contributed by atoms with Crippen LogP contribution in [0.2, 0.25) is 5.02 Å². The zero-order valence-corrected chi connectivity index (χ0v) is 17.7. The third kappa shape index (κ3) is 5.31. The topological polar surface area (TPSA) is 54.9 Å². The van der Waals surface area contributed by atoms with Gasteiger partial charge in [-0.3, -0.25) is 10.1 Å². The first kappa shape index (κ1) is 19.9.